The SMILES string of the molecule is C=C(C1CCC(CCC=C(F)C#N)CC1)C1CCC(CCCCCCC)CC1. The summed E-state index contributed by atoms with van der Waals surface area (Å²) in [7, 11) is 0. The van der Waals surface area contributed by atoms with Gasteiger partial charge in [0, 0.05) is 0 Å². The maximum atomic E-state index is 12.9. The second-order valence-corrected chi connectivity index (χ2v) is 9.45. The van der Waals surface area contributed by atoms with Gasteiger partial charge < -0.3 is 0 Å². The van der Waals surface area contributed by atoms with Gasteiger partial charge in [0.05, 0.1) is 0 Å². The van der Waals surface area contributed by atoms with E-state index in [-0.39, 0.29) is 0 Å². The summed E-state index contributed by atoms with van der Waals surface area (Å²) in [6.07, 6.45) is 22.3. The Labute approximate surface area is 173 Å². The van der Waals surface area contributed by atoms with Crippen LogP contribution in [-0.4, -0.2) is 0 Å². The van der Waals surface area contributed by atoms with Gasteiger partial charge in [-0.15, -0.1) is 0 Å². The molecule has 0 spiro atoms. The monoisotopic (exact) mass is 387 g/mol. The van der Waals surface area contributed by atoms with Gasteiger partial charge in [0.15, 0.2) is 5.83 Å². The Morgan fingerprint density at radius 2 is 1.43 bits per heavy atom. The van der Waals surface area contributed by atoms with Crippen LogP contribution in [0.5, 0.6) is 0 Å². The molecular formula is C26H42FN. The van der Waals surface area contributed by atoms with Crippen LogP contribution in [-0.2, 0) is 0 Å². The number of rotatable bonds is 11. The van der Waals surface area contributed by atoms with Gasteiger partial charge in [0.1, 0.15) is 6.07 Å². The molecule has 0 aliphatic heterocycles. The minimum absolute atomic E-state index is 0.626. The molecule has 158 valence electrons. The van der Waals surface area contributed by atoms with Crippen LogP contribution in [0.1, 0.15) is 110 Å². The molecule has 2 aliphatic carbocycles. The van der Waals surface area contributed by atoms with E-state index in [4.69, 9.17) is 5.26 Å². The molecule has 0 atom stereocenters. The van der Waals surface area contributed by atoms with Crippen molar-refractivity contribution in [1.82, 2.24) is 0 Å². The van der Waals surface area contributed by atoms with Crippen molar-refractivity contribution in [2.45, 2.75) is 110 Å². The van der Waals surface area contributed by atoms with Gasteiger partial charge in [0.25, 0.3) is 0 Å². The topological polar surface area (TPSA) is 23.8 Å². The Kier molecular flexibility index (Phi) is 10.9. The molecule has 2 fully saturated rings. The van der Waals surface area contributed by atoms with Crippen LogP contribution in [0, 0.1) is 35.0 Å². The lowest BCUT2D eigenvalue weighted by atomic mass is 9.70. The summed E-state index contributed by atoms with van der Waals surface area (Å²) in [5.41, 5.74) is 1.55. The van der Waals surface area contributed by atoms with Gasteiger partial charge in [-0.25, -0.2) is 0 Å². The standard InChI is InChI=1S/C26H42FN/c1-3-4-5-6-7-9-22-12-16-24(17-13-22)21(2)25-18-14-23(15-19-25)10-8-11-26(27)20-28/h11,22-25H,2-10,12-19H2,1H3. The largest absolute Gasteiger partial charge is 0.196 e. The van der Waals surface area contributed by atoms with E-state index in [0.29, 0.717) is 12.3 Å². The minimum Gasteiger partial charge on any atom is -0.195 e. The van der Waals surface area contributed by atoms with Gasteiger partial charge in [-0.2, -0.15) is 9.65 Å². The second kappa shape index (κ2) is 13.2. The van der Waals surface area contributed by atoms with E-state index in [2.05, 4.69) is 13.5 Å². The molecule has 0 heterocycles. The third kappa shape index (κ3) is 8.10. The van der Waals surface area contributed by atoms with Gasteiger partial charge in [-0.1, -0.05) is 57.6 Å². The molecule has 1 nitrogen and oxygen atoms in total. The summed E-state index contributed by atoms with van der Waals surface area (Å²) in [5, 5.41) is 8.48. The molecule has 2 heteroatoms. The summed E-state index contributed by atoms with van der Waals surface area (Å²) < 4.78 is 12.9. The van der Waals surface area contributed by atoms with Crippen molar-refractivity contribution in [3.63, 3.8) is 0 Å². The first-order valence-electron chi connectivity index (χ1n) is 12.1. The molecule has 0 bridgehead atoms. The molecule has 0 saturated heterocycles. The summed E-state index contributed by atoms with van der Waals surface area (Å²) in [6.45, 7) is 6.84. The molecular weight excluding hydrogens is 345 g/mol. The van der Waals surface area contributed by atoms with Gasteiger partial charge >= 0.3 is 0 Å². The lowest BCUT2D eigenvalue weighted by Crippen LogP contribution is -2.23. The zero-order chi connectivity index (χ0) is 20.2. The first-order chi connectivity index (χ1) is 13.6. The van der Waals surface area contributed by atoms with Crippen molar-refractivity contribution in [3.8, 4) is 6.07 Å². The van der Waals surface area contributed by atoms with Crippen molar-refractivity contribution < 1.29 is 4.39 Å². The molecule has 0 aromatic heterocycles. The van der Waals surface area contributed by atoms with E-state index in [1.165, 1.54) is 96.0 Å². The highest BCUT2D eigenvalue weighted by Crippen LogP contribution is 2.42. The summed E-state index contributed by atoms with van der Waals surface area (Å²) in [5.74, 6) is 2.54. The summed E-state index contributed by atoms with van der Waals surface area (Å²) in [4.78, 5) is 0. The normalized spacial score (nSPS) is 28.7. The van der Waals surface area contributed by atoms with E-state index < -0.39 is 5.83 Å². The number of allylic oxidation sites excluding steroid dienone is 3. The highest BCUT2D eigenvalue weighted by Gasteiger charge is 2.29. The zero-order valence-corrected chi connectivity index (χ0v) is 18.2. The van der Waals surface area contributed by atoms with E-state index in [1.54, 1.807) is 11.6 Å². The average Bonchev–Trinajstić information content (AvgIpc) is 2.74. The van der Waals surface area contributed by atoms with Crippen molar-refractivity contribution in [1.29, 1.82) is 5.26 Å². The predicted molar refractivity (Wildman–Crippen MR) is 117 cm³/mol. The molecule has 0 radical (unpaired) electrons. The van der Waals surface area contributed by atoms with Crippen LogP contribution < -0.4 is 0 Å². The van der Waals surface area contributed by atoms with Crippen LogP contribution in [0.15, 0.2) is 24.1 Å². The lowest BCUT2D eigenvalue weighted by Gasteiger charge is -2.36. The van der Waals surface area contributed by atoms with Gasteiger partial charge in [-0.3, -0.25) is 0 Å². The van der Waals surface area contributed by atoms with E-state index in [9.17, 15) is 4.39 Å². The maximum absolute atomic E-state index is 12.9. The Balaban J connectivity index is 1.60. The smallest absolute Gasteiger partial charge is 0.195 e. The zero-order valence-electron chi connectivity index (χ0n) is 18.2. The first kappa shape index (κ1) is 23.2. The Morgan fingerprint density at radius 1 is 0.893 bits per heavy atom. The number of nitrogens with zero attached hydrogens (tertiary/aromatic N) is 1. The average molecular weight is 388 g/mol. The molecule has 0 aromatic carbocycles. The fraction of sp³-hybridized carbons (Fsp3) is 0.808. The molecule has 2 saturated carbocycles. The maximum Gasteiger partial charge on any atom is 0.196 e. The summed E-state index contributed by atoms with van der Waals surface area (Å²) >= 11 is 0. The molecule has 2 rings (SSSR count). The van der Waals surface area contributed by atoms with Crippen molar-refractivity contribution >= 4 is 0 Å². The summed E-state index contributed by atoms with van der Waals surface area (Å²) in [6, 6.07) is 1.57. The lowest BCUT2D eigenvalue weighted by molar-refractivity contribution is 0.239. The van der Waals surface area contributed by atoms with Gasteiger partial charge in [-0.05, 0) is 94.0 Å². The number of hydrogen-bond donors (Lipinski definition) is 0. The number of halogens is 1. The predicted octanol–water partition coefficient (Wildman–Crippen LogP) is 8.67. The van der Waals surface area contributed by atoms with Crippen LogP contribution in [0.4, 0.5) is 4.39 Å². The van der Waals surface area contributed by atoms with E-state index in [1.807, 2.05) is 0 Å². The molecule has 0 N–H and O–H groups in total. The molecule has 2 aliphatic rings. The third-order valence-corrected chi connectivity index (χ3v) is 7.46. The molecule has 28 heavy (non-hydrogen) atoms. The highest BCUT2D eigenvalue weighted by atomic mass is 19.1. The van der Waals surface area contributed by atoms with E-state index in [0.717, 1.165) is 24.2 Å². The van der Waals surface area contributed by atoms with Gasteiger partial charge in [0.2, 0.25) is 0 Å². The van der Waals surface area contributed by atoms with Crippen molar-refractivity contribution in [2.75, 3.05) is 0 Å². The van der Waals surface area contributed by atoms with Crippen LogP contribution in [0.25, 0.3) is 0 Å². The molecule has 0 unspecified atom stereocenters. The van der Waals surface area contributed by atoms with Crippen LogP contribution in [0.2, 0.25) is 0 Å². The van der Waals surface area contributed by atoms with Crippen LogP contribution in [0.3, 0.4) is 0 Å². The van der Waals surface area contributed by atoms with Crippen molar-refractivity contribution in [3.05, 3.63) is 24.1 Å². The molecule has 0 aromatic rings. The fourth-order valence-electron chi connectivity index (χ4n) is 5.51. The Morgan fingerprint density at radius 3 is 1.96 bits per heavy atom. The van der Waals surface area contributed by atoms with E-state index >= 15 is 0 Å². The highest BCUT2D eigenvalue weighted by molar-refractivity contribution is 5.11. The number of hydrogen-bond acceptors (Lipinski definition) is 1. The first-order valence-corrected chi connectivity index (χ1v) is 12.1. The van der Waals surface area contributed by atoms with Crippen LogP contribution >= 0.6 is 0 Å². The second-order valence-electron chi connectivity index (χ2n) is 9.45. The third-order valence-electron chi connectivity index (χ3n) is 7.46. The molecule has 0 amide bonds. The number of unbranched alkanes of at least 4 members (excludes halogenated alkanes) is 4. The number of nitriles is 1. The fourth-order valence-corrected chi connectivity index (χ4v) is 5.51. The quantitative estimate of drug-likeness (QED) is 0.197. The van der Waals surface area contributed by atoms with Crippen molar-refractivity contribution in [2.24, 2.45) is 23.7 Å². The Bertz CT molecular complexity index is 513. The Hall–Kier alpha value is -1.10. The minimum atomic E-state index is -0.626.